The Morgan fingerprint density at radius 2 is 2.11 bits per heavy atom. The van der Waals surface area contributed by atoms with E-state index >= 15 is 0 Å². The lowest BCUT2D eigenvalue weighted by atomic mass is 10.1. The van der Waals surface area contributed by atoms with Crippen LogP contribution in [0.4, 0.5) is 0 Å². The lowest BCUT2D eigenvalue weighted by molar-refractivity contribution is 0.0737. The van der Waals surface area contributed by atoms with Gasteiger partial charge in [-0.15, -0.1) is 0 Å². The molecule has 0 radical (unpaired) electrons. The molecule has 19 heavy (non-hydrogen) atoms. The van der Waals surface area contributed by atoms with Crippen LogP contribution in [0.5, 0.6) is 0 Å². The first kappa shape index (κ1) is 14.2. The van der Waals surface area contributed by atoms with Crippen LogP contribution in [0.25, 0.3) is 0 Å². The van der Waals surface area contributed by atoms with Crippen molar-refractivity contribution in [2.45, 2.75) is 23.8 Å². The van der Waals surface area contributed by atoms with Gasteiger partial charge in [-0.2, -0.15) is 0 Å². The van der Waals surface area contributed by atoms with Gasteiger partial charge < -0.3 is 10.2 Å². The van der Waals surface area contributed by atoms with E-state index in [9.17, 15) is 9.00 Å². The van der Waals surface area contributed by atoms with E-state index < -0.39 is 10.8 Å². The van der Waals surface area contributed by atoms with E-state index in [1.807, 2.05) is 11.9 Å². The maximum atomic E-state index is 12.4. The van der Waals surface area contributed by atoms with E-state index in [1.54, 1.807) is 30.5 Å². The summed E-state index contributed by atoms with van der Waals surface area (Å²) in [5.74, 6) is 0.0752. The quantitative estimate of drug-likeness (QED) is 0.903. The third-order valence-electron chi connectivity index (χ3n) is 3.51. The van der Waals surface area contributed by atoms with Crippen molar-refractivity contribution in [2.24, 2.45) is 0 Å². The molecule has 1 aromatic rings. The highest BCUT2D eigenvalue weighted by molar-refractivity contribution is 7.84. The Morgan fingerprint density at radius 1 is 1.42 bits per heavy atom. The first-order chi connectivity index (χ1) is 9.13. The number of nitrogens with one attached hydrogen (secondary N) is 1. The molecule has 1 fully saturated rings. The van der Waals surface area contributed by atoms with Gasteiger partial charge in [0.15, 0.2) is 0 Å². The first-order valence-corrected chi connectivity index (χ1v) is 8.08. The highest BCUT2D eigenvalue weighted by atomic mass is 32.2. The lowest BCUT2D eigenvalue weighted by Gasteiger charge is -2.24. The Bertz CT molecular complexity index is 473. The Morgan fingerprint density at radius 3 is 2.68 bits per heavy atom. The number of hydrogen-bond acceptors (Lipinski definition) is 3. The second kappa shape index (κ2) is 6.30. The summed E-state index contributed by atoms with van der Waals surface area (Å²) in [5, 5.41) is 3.14. The molecule has 1 aliphatic heterocycles. The molecule has 5 heteroatoms. The fourth-order valence-corrected chi connectivity index (χ4v) is 3.03. The SMILES string of the molecule is CNCC1CCCN1C(=O)c1ccc(S(C)=O)cc1. The number of amides is 1. The van der Waals surface area contributed by atoms with E-state index in [2.05, 4.69) is 5.32 Å². The molecular formula is C14H20N2O2S. The molecule has 1 saturated heterocycles. The van der Waals surface area contributed by atoms with Crippen LogP contribution < -0.4 is 5.32 Å². The summed E-state index contributed by atoms with van der Waals surface area (Å²) in [6.07, 6.45) is 3.76. The number of carbonyl (C=O) groups excluding carboxylic acids is 1. The maximum absolute atomic E-state index is 12.4. The van der Waals surface area contributed by atoms with E-state index in [0.717, 1.165) is 30.8 Å². The highest BCUT2D eigenvalue weighted by Gasteiger charge is 2.28. The molecule has 0 aliphatic carbocycles. The van der Waals surface area contributed by atoms with Gasteiger partial charge in [0.2, 0.25) is 0 Å². The number of benzene rings is 1. The summed E-state index contributed by atoms with van der Waals surface area (Å²) in [6, 6.07) is 7.37. The summed E-state index contributed by atoms with van der Waals surface area (Å²) >= 11 is 0. The zero-order valence-electron chi connectivity index (χ0n) is 11.4. The molecule has 1 N–H and O–H groups in total. The smallest absolute Gasteiger partial charge is 0.254 e. The van der Waals surface area contributed by atoms with E-state index in [4.69, 9.17) is 0 Å². The van der Waals surface area contributed by atoms with E-state index in [0.29, 0.717) is 5.56 Å². The average Bonchev–Trinajstić information content (AvgIpc) is 2.87. The van der Waals surface area contributed by atoms with Gasteiger partial charge in [0.25, 0.3) is 5.91 Å². The summed E-state index contributed by atoms with van der Waals surface area (Å²) in [7, 11) is 0.912. The van der Waals surface area contributed by atoms with Crippen LogP contribution in [-0.2, 0) is 10.8 Å². The minimum atomic E-state index is -0.997. The van der Waals surface area contributed by atoms with E-state index in [1.165, 1.54) is 0 Å². The molecule has 1 aliphatic rings. The third-order valence-corrected chi connectivity index (χ3v) is 4.45. The van der Waals surface area contributed by atoms with Crippen LogP contribution in [0.3, 0.4) is 0 Å². The summed E-state index contributed by atoms with van der Waals surface area (Å²) in [4.78, 5) is 15.1. The second-order valence-electron chi connectivity index (χ2n) is 4.83. The van der Waals surface area contributed by atoms with Crippen molar-refractivity contribution in [3.05, 3.63) is 29.8 Å². The van der Waals surface area contributed by atoms with Crippen molar-refractivity contribution in [3.63, 3.8) is 0 Å². The largest absolute Gasteiger partial charge is 0.334 e. The van der Waals surface area contributed by atoms with Crippen LogP contribution in [0.15, 0.2) is 29.2 Å². The Hall–Kier alpha value is -1.20. The number of carbonyl (C=O) groups is 1. The third kappa shape index (κ3) is 3.22. The van der Waals surface area contributed by atoms with Crippen molar-refractivity contribution in [2.75, 3.05) is 26.4 Å². The topological polar surface area (TPSA) is 49.4 Å². The molecule has 0 bridgehead atoms. The molecular weight excluding hydrogens is 260 g/mol. The number of hydrogen-bond donors (Lipinski definition) is 1. The number of likely N-dealkylation sites (tertiary alicyclic amines) is 1. The van der Waals surface area contributed by atoms with Crippen molar-refractivity contribution in [3.8, 4) is 0 Å². The first-order valence-electron chi connectivity index (χ1n) is 6.52. The van der Waals surface area contributed by atoms with Gasteiger partial charge in [0.05, 0.1) is 0 Å². The van der Waals surface area contributed by atoms with Crippen molar-refractivity contribution >= 4 is 16.7 Å². The fourth-order valence-electron chi connectivity index (χ4n) is 2.51. The summed E-state index contributed by atoms with van der Waals surface area (Å²) < 4.78 is 11.3. The van der Waals surface area contributed by atoms with E-state index in [-0.39, 0.29) is 11.9 Å². The molecule has 2 unspecified atom stereocenters. The predicted molar refractivity (Wildman–Crippen MR) is 76.8 cm³/mol. The Balaban J connectivity index is 2.12. The van der Waals surface area contributed by atoms with Crippen molar-refractivity contribution < 1.29 is 9.00 Å². The molecule has 1 amide bonds. The molecule has 0 saturated carbocycles. The average molecular weight is 280 g/mol. The van der Waals surface area contributed by atoms with Crippen LogP contribution in [0.1, 0.15) is 23.2 Å². The molecule has 1 aromatic carbocycles. The number of rotatable bonds is 4. The van der Waals surface area contributed by atoms with Gasteiger partial charge in [-0.1, -0.05) is 0 Å². The van der Waals surface area contributed by atoms with Gasteiger partial charge in [-0.3, -0.25) is 9.00 Å². The molecule has 2 atom stereocenters. The number of nitrogens with zero attached hydrogens (tertiary/aromatic N) is 1. The normalized spacial score (nSPS) is 20.5. The maximum Gasteiger partial charge on any atom is 0.254 e. The molecule has 2 rings (SSSR count). The van der Waals surface area contributed by atoms with Gasteiger partial charge in [0, 0.05) is 46.6 Å². The number of likely N-dealkylation sites (N-methyl/N-ethyl adjacent to an activating group) is 1. The molecule has 0 aromatic heterocycles. The van der Waals surface area contributed by atoms with Gasteiger partial charge in [-0.25, -0.2) is 0 Å². The zero-order chi connectivity index (χ0) is 13.8. The van der Waals surface area contributed by atoms with Crippen LogP contribution in [0.2, 0.25) is 0 Å². The monoisotopic (exact) mass is 280 g/mol. The minimum absolute atomic E-state index is 0.0752. The summed E-state index contributed by atoms with van der Waals surface area (Å²) in [6.45, 7) is 1.66. The zero-order valence-corrected chi connectivity index (χ0v) is 12.2. The van der Waals surface area contributed by atoms with Crippen molar-refractivity contribution in [1.82, 2.24) is 10.2 Å². The minimum Gasteiger partial charge on any atom is -0.334 e. The lowest BCUT2D eigenvalue weighted by Crippen LogP contribution is -2.40. The van der Waals surface area contributed by atoms with Gasteiger partial charge in [0.1, 0.15) is 0 Å². The van der Waals surface area contributed by atoms with Crippen LogP contribution in [0, 0.1) is 0 Å². The second-order valence-corrected chi connectivity index (χ2v) is 6.21. The van der Waals surface area contributed by atoms with Crippen LogP contribution >= 0.6 is 0 Å². The molecule has 4 nitrogen and oxygen atoms in total. The Labute approximate surface area is 116 Å². The summed E-state index contributed by atoms with van der Waals surface area (Å²) in [5.41, 5.74) is 0.678. The Kier molecular flexibility index (Phi) is 4.71. The highest BCUT2D eigenvalue weighted by Crippen LogP contribution is 2.20. The fraction of sp³-hybridized carbons (Fsp3) is 0.500. The molecule has 104 valence electrons. The molecule has 1 heterocycles. The molecule has 0 spiro atoms. The van der Waals surface area contributed by atoms with Gasteiger partial charge in [-0.05, 0) is 44.2 Å². The predicted octanol–water partition coefficient (Wildman–Crippen LogP) is 1.25. The standard InChI is InChI=1S/C14H20N2O2S/c1-15-10-12-4-3-9-16(12)14(17)11-5-7-13(8-6-11)19(2)18/h5-8,12,15H,3-4,9-10H2,1-2H3. The van der Waals surface area contributed by atoms with Crippen molar-refractivity contribution in [1.29, 1.82) is 0 Å². The van der Waals surface area contributed by atoms with Gasteiger partial charge >= 0.3 is 0 Å². The van der Waals surface area contributed by atoms with Crippen LogP contribution in [-0.4, -0.2) is 47.5 Å².